The van der Waals surface area contributed by atoms with E-state index < -0.39 is 0 Å². The van der Waals surface area contributed by atoms with Crippen LogP contribution >= 0.6 is 0 Å². The summed E-state index contributed by atoms with van der Waals surface area (Å²) in [5, 5.41) is 2.71. The molecule has 1 nitrogen and oxygen atoms in total. The van der Waals surface area contributed by atoms with E-state index in [9.17, 15) is 0 Å². The van der Waals surface area contributed by atoms with Crippen LogP contribution in [0.2, 0.25) is 0 Å². The molecular formula is C12H11N. The maximum Gasteiger partial charge on any atom is 0.0342 e. The van der Waals surface area contributed by atoms with Crippen LogP contribution in [0.25, 0.3) is 10.8 Å². The zero-order valence-electron chi connectivity index (χ0n) is 7.33. The quantitative estimate of drug-likeness (QED) is 0.643. The second kappa shape index (κ2) is 2.33. The van der Waals surface area contributed by atoms with E-state index in [4.69, 9.17) is 5.73 Å². The SMILES string of the molecule is N[C@H]1Cc2cccc3cccc1c23. The Morgan fingerprint density at radius 2 is 1.85 bits per heavy atom. The van der Waals surface area contributed by atoms with Crippen LogP contribution < -0.4 is 5.73 Å². The molecule has 0 heterocycles. The summed E-state index contributed by atoms with van der Waals surface area (Å²) in [5.74, 6) is 0. The Morgan fingerprint density at radius 1 is 1.08 bits per heavy atom. The van der Waals surface area contributed by atoms with E-state index in [0.29, 0.717) is 0 Å². The smallest absolute Gasteiger partial charge is 0.0342 e. The lowest BCUT2D eigenvalue weighted by Crippen LogP contribution is -2.07. The van der Waals surface area contributed by atoms with E-state index in [1.807, 2.05) is 0 Å². The number of nitrogens with two attached hydrogens (primary N) is 1. The van der Waals surface area contributed by atoms with Crippen LogP contribution in [0.1, 0.15) is 17.2 Å². The standard InChI is InChI=1S/C12H11N/c13-11-7-9-5-1-3-8-4-2-6-10(11)12(8)9/h1-6,11H,7,13H2/t11-/m0/s1. The van der Waals surface area contributed by atoms with Gasteiger partial charge in [-0.1, -0.05) is 36.4 Å². The number of hydrogen-bond donors (Lipinski definition) is 1. The van der Waals surface area contributed by atoms with E-state index >= 15 is 0 Å². The molecule has 2 aromatic rings. The monoisotopic (exact) mass is 169 g/mol. The summed E-state index contributed by atoms with van der Waals surface area (Å²) in [6.45, 7) is 0. The van der Waals surface area contributed by atoms with E-state index in [1.165, 1.54) is 21.9 Å². The van der Waals surface area contributed by atoms with Gasteiger partial charge in [0.05, 0.1) is 0 Å². The van der Waals surface area contributed by atoms with E-state index in [2.05, 4.69) is 36.4 Å². The fourth-order valence-electron chi connectivity index (χ4n) is 2.28. The van der Waals surface area contributed by atoms with Crippen LogP contribution in [0.4, 0.5) is 0 Å². The predicted molar refractivity (Wildman–Crippen MR) is 54.6 cm³/mol. The van der Waals surface area contributed by atoms with Gasteiger partial charge in [-0.3, -0.25) is 0 Å². The highest BCUT2D eigenvalue weighted by Gasteiger charge is 2.19. The van der Waals surface area contributed by atoms with Gasteiger partial charge in [-0.2, -0.15) is 0 Å². The molecule has 0 aliphatic heterocycles. The molecule has 3 rings (SSSR count). The molecule has 0 bridgehead atoms. The Morgan fingerprint density at radius 3 is 2.69 bits per heavy atom. The third kappa shape index (κ3) is 0.850. The van der Waals surface area contributed by atoms with Gasteiger partial charge in [0.2, 0.25) is 0 Å². The normalized spacial score (nSPS) is 19.6. The molecule has 1 aliphatic carbocycles. The Labute approximate surface area is 77.2 Å². The Balaban J connectivity index is 2.51. The number of benzene rings is 2. The minimum absolute atomic E-state index is 0.209. The van der Waals surface area contributed by atoms with Crippen LogP contribution in [-0.4, -0.2) is 0 Å². The topological polar surface area (TPSA) is 26.0 Å². The fraction of sp³-hybridized carbons (Fsp3) is 0.167. The second-order valence-corrected chi connectivity index (χ2v) is 3.67. The Bertz CT molecular complexity index is 468. The highest BCUT2D eigenvalue weighted by Crippen LogP contribution is 2.35. The van der Waals surface area contributed by atoms with Gasteiger partial charge in [0, 0.05) is 6.04 Å². The van der Waals surface area contributed by atoms with Crippen LogP contribution in [0.15, 0.2) is 36.4 Å². The molecular weight excluding hydrogens is 158 g/mol. The van der Waals surface area contributed by atoms with Crippen LogP contribution in [-0.2, 0) is 6.42 Å². The van der Waals surface area contributed by atoms with Crippen LogP contribution in [0.5, 0.6) is 0 Å². The molecule has 0 amide bonds. The van der Waals surface area contributed by atoms with Gasteiger partial charge < -0.3 is 5.73 Å². The molecule has 0 spiro atoms. The molecule has 0 fully saturated rings. The highest BCUT2D eigenvalue weighted by molar-refractivity contribution is 5.91. The van der Waals surface area contributed by atoms with Gasteiger partial charge in [-0.25, -0.2) is 0 Å². The lowest BCUT2D eigenvalue weighted by molar-refractivity contribution is 0.757. The molecule has 64 valence electrons. The van der Waals surface area contributed by atoms with Crippen molar-refractivity contribution < 1.29 is 0 Å². The van der Waals surface area contributed by atoms with Crippen molar-refractivity contribution in [2.45, 2.75) is 12.5 Å². The zero-order chi connectivity index (χ0) is 8.84. The fourth-order valence-corrected chi connectivity index (χ4v) is 2.28. The molecule has 13 heavy (non-hydrogen) atoms. The summed E-state index contributed by atoms with van der Waals surface area (Å²) < 4.78 is 0. The molecule has 0 aromatic heterocycles. The molecule has 0 saturated heterocycles. The molecule has 0 unspecified atom stereocenters. The summed E-state index contributed by atoms with van der Waals surface area (Å²) >= 11 is 0. The van der Waals surface area contributed by atoms with Gasteiger partial charge in [0.1, 0.15) is 0 Å². The lowest BCUT2D eigenvalue weighted by Gasteiger charge is -2.02. The van der Waals surface area contributed by atoms with Crippen LogP contribution in [0.3, 0.4) is 0 Å². The molecule has 0 radical (unpaired) electrons. The molecule has 1 heteroatoms. The van der Waals surface area contributed by atoms with Gasteiger partial charge in [0.25, 0.3) is 0 Å². The summed E-state index contributed by atoms with van der Waals surface area (Å²) in [6, 6.07) is 13.0. The first-order valence-electron chi connectivity index (χ1n) is 4.62. The maximum atomic E-state index is 6.04. The lowest BCUT2D eigenvalue weighted by atomic mass is 10.1. The molecule has 2 aromatic carbocycles. The first kappa shape index (κ1) is 7.10. The minimum Gasteiger partial charge on any atom is -0.324 e. The van der Waals surface area contributed by atoms with Gasteiger partial charge in [-0.05, 0) is 28.3 Å². The third-order valence-corrected chi connectivity index (χ3v) is 2.86. The predicted octanol–water partition coefficient (Wildman–Crippen LogP) is 2.40. The van der Waals surface area contributed by atoms with Gasteiger partial charge >= 0.3 is 0 Å². The highest BCUT2D eigenvalue weighted by atomic mass is 14.6. The van der Waals surface area contributed by atoms with Gasteiger partial charge in [0.15, 0.2) is 0 Å². The third-order valence-electron chi connectivity index (χ3n) is 2.86. The van der Waals surface area contributed by atoms with Crippen molar-refractivity contribution in [1.82, 2.24) is 0 Å². The largest absolute Gasteiger partial charge is 0.324 e. The summed E-state index contributed by atoms with van der Waals surface area (Å²) in [6.07, 6.45) is 0.997. The molecule has 1 atom stereocenters. The van der Waals surface area contributed by atoms with Crippen LogP contribution in [0, 0.1) is 0 Å². The molecule has 0 saturated carbocycles. The maximum absolute atomic E-state index is 6.04. The van der Waals surface area contributed by atoms with Crippen molar-refractivity contribution in [3.8, 4) is 0 Å². The number of rotatable bonds is 0. The van der Waals surface area contributed by atoms with Crippen molar-refractivity contribution in [2.24, 2.45) is 5.73 Å². The van der Waals surface area contributed by atoms with E-state index in [-0.39, 0.29) is 6.04 Å². The summed E-state index contributed by atoms with van der Waals surface area (Å²) in [7, 11) is 0. The summed E-state index contributed by atoms with van der Waals surface area (Å²) in [5.41, 5.74) is 8.76. The minimum atomic E-state index is 0.209. The zero-order valence-corrected chi connectivity index (χ0v) is 7.33. The van der Waals surface area contributed by atoms with Gasteiger partial charge in [-0.15, -0.1) is 0 Å². The average Bonchev–Trinajstić information content (AvgIpc) is 2.47. The first-order valence-corrected chi connectivity index (χ1v) is 4.62. The molecule has 1 aliphatic rings. The van der Waals surface area contributed by atoms with E-state index in [1.54, 1.807) is 0 Å². The second-order valence-electron chi connectivity index (χ2n) is 3.67. The van der Waals surface area contributed by atoms with Crippen molar-refractivity contribution in [2.75, 3.05) is 0 Å². The van der Waals surface area contributed by atoms with Crippen molar-refractivity contribution in [1.29, 1.82) is 0 Å². The molecule has 2 N–H and O–H groups in total. The Hall–Kier alpha value is -1.34. The Kier molecular flexibility index (Phi) is 1.27. The summed E-state index contributed by atoms with van der Waals surface area (Å²) in [4.78, 5) is 0. The van der Waals surface area contributed by atoms with E-state index in [0.717, 1.165) is 6.42 Å². The average molecular weight is 169 g/mol. The first-order chi connectivity index (χ1) is 6.36. The number of hydrogen-bond acceptors (Lipinski definition) is 1. The van der Waals surface area contributed by atoms with Crippen molar-refractivity contribution >= 4 is 10.8 Å². The van der Waals surface area contributed by atoms with Crippen molar-refractivity contribution in [3.05, 3.63) is 47.5 Å². The van der Waals surface area contributed by atoms with Crippen molar-refractivity contribution in [3.63, 3.8) is 0 Å².